The molecule has 11 aromatic rings. The van der Waals surface area contributed by atoms with Gasteiger partial charge in [-0.15, -0.1) is 0 Å². The molecule has 0 aliphatic heterocycles. The number of hydrogen-bond donors (Lipinski definition) is 0. The number of aromatic nitrogens is 3. The number of fused-ring (bicyclic) bond motifs is 11. The fourth-order valence-electron chi connectivity index (χ4n) is 9.61. The molecule has 0 spiro atoms. The van der Waals surface area contributed by atoms with Crippen LogP contribution in [0.1, 0.15) is 30.5 Å². The Kier molecular flexibility index (Phi) is 7.88. The summed E-state index contributed by atoms with van der Waals surface area (Å²) >= 11 is 0. The zero-order valence-electron chi connectivity index (χ0n) is 34.0. The standard InChI is InChI=1S/C57H36N4O/c1-57(2)49-20-8-6-18-44(49)45-27-24-41(32-50(45)57)56-60-54(35-13-4-3-5-14-35)59-55(61-56)40-17-11-16-37(29-40)39-23-26-43-42-25-22-38(36-15-10-12-34(28-36)33-58)30-47(42)52-46-19-7-9-21-51(46)62-53(52)48(43)31-39/h3-32H,1-2H3. The van der Waals surface area contributed by atoms with Crippen molar-refractivity contribution in [2.75, 3.05) is 0 Å². The molecule has 0 saturated heterocycles. The van der Waals surface area contributed by atoms with Gasteiger partial charge in [0.15, 0.2) is 17.5 Å². The van der Waals surface area contributed by atoms with Crippen molar-refractivity contribution < 1.29 is 4.42 Å². The molecule has 0 amide bonds. The van der Waals surface area contributed by atoms with Crippen molar-refractivity contribution in [2.45, 2.75) is 19.3 Å². The third-order valence-electron chi connectivity index (χ3n) is 12.7. The van der Waals surface area contributed by atoms with E-state index in [4.69, 9.17) is 19.4 Å². The van der Waals surface area contributed by atoms with E-state index in [0.29, 0.717) is 23.0 Å². The van der Waals surface area contributed by atoms with Gasteiger partial charge in [-0.2, -0.15) is 5.26 Å². The fraction of sp³-hybridized carbons (Fsp3) is 0.0526. The summed E-state index contributed by atoms with van der Waals surface area (Å²) < 4.78 is 6.74. The Hall–Kier alpha value is -8.20. The summed E-state index contributed by atoms with van der Waals surface area (Å²) in [6.45, 7) is 4.59. The molecule has 5 nitrogen and oxygen atoms in total. The Morgan fingerprint density at radius 1 is 0.419 bits per heavy atom. The van der Waals surface area contributed by atoms with E-state index < -0.39 is 0 Å². The first-order valence-electron chi connectivity index (χ1n) is 20.9. The Bertz CT molecular complexity index is 3690. The smallest absolute Gasteiger partial charge is 0.164 e. The predicted octanol–water partition coefficient (Wildman–Crippen LogP) is 14.6. The first kappa shape index (κ1) is 35.7. The molecule has 5 heteroatoms. The quantitative estimate of drug-likeness (QED) is 0.162. The van der Waals surface area contributed by atoms with Gasteiger partial charge in [0.25, 0.3) is 0 Å². The van der Waals surface area contributed by atoms with Crippen LogP contribution < -0.4 is 0 Å². The molecule has 0 bridgehead atoms. The number of para-hydroxylation sites is 1. The lowest BCUT2D eigenvalue weighted by Gasteiger charge is -2.21. The summed E-state index contributed by atoms with van der Waals surface area (Å²) in [5.41, 5.74) is 14.3. The molecule has 0 radical (unpaired) electrons. The van der Waals surface area contributed by atoms with Crippen molar-refractivity contribution in [3.05, 3.63) is 199 Å². The molecule has 290 valence electrons. The number of rotatable bonds is 5. The van der Waals surface area contributed by atoms with Crippen molar-refractivity contribution in [1.82, 2.24) is 15.0 Å². The predicted molar refractivity (Wildman–Crippen MR) is 252 cm³/mol. The van der Waals surface area contributed by atoms with Gasteiger partial charge in [-0.3, -0.25) is 0 Å². The maximum Gasteiger partial charge on any atom is 0.164 e. The minimum Gasteiger partial charge on any atom is -0.455 e. The van der Waals surface area contributed by atoms with Crippen molar-refractivity contribution in [1.29, 1.82) is 5.26 Å². The summed E-state index contributed by atoms with van der Waals surface area (Å²) in [4.78, 5) is 15.4. The van der Waals surface area contributed by atoms with E-state index in [9.17, 15) is 5.26 Å². The molecule has 62 heavy (non-hydrogen) atoms. The first-order chi connectivity index (χ1) is 30.4. The summed E-state index contributed by atoms with van der Waals surface area (Å²) in [7, 11) is 0. The summed E-state index contributed by atoms with van der Waals surface area (Å²) in [5, 5.41) is 16.2. The van der Waals surface area contributed by atoms with Crippen molar-refractivity contribution in [3.8, 4) is 73.6 Å². The van der Waals surface area contributed by atoms with E-state index in [-0.39, 0.29) is 5.41 Å². The molecule has 9 aromatic carbocycles. The van der Waals surface area contributed by atoms with Crippen LogP contribution in [0.5, 0.6) is 0 Å². The molecule has 0 saturated carbocycles. The largest absolute Gasteiger partial charge is 0.455 e. The van der Waals surface area contributed by atoms with Gasteiger partial charge in [0, 0.05) is 38.3 Å². The molecule has 0 unspecified atom stereocenters. The fourth-order valence-corrected chi connectivity index (χ4v) is 9.61. The number of furan rings is 1. The van der Waals surface area contributed by atoms with Crippen molar-refractivity contribution in [2.24, 2.45) is 0 Å². The number of nitriles is 1. The van der Waals surface area contributed by atoms with Crippen LogP contribution >= 0.6 is 0 Å². The van der Waals surface area contributed by atoms with E-state index >= 15 is 0 Å². The monoisotopic (exact) mass is 792 g/mol. The highest BCUT2D eigenvalue weighted by Gasteiger charge is 2.35. The van der Waals surface area contributed by atoms with E-state index in [2.05, 4.69) is 141 Å². The third-order valence-corrected chi connectivity index (χ3v) is 12.7. The summed E-state index contributed by atoms with van der Waals surface area (Å²) in [5.74, 6) is 1.88. The molecular formula is C57H36N4O. The lowest BCUT2D eigenvalue weighted by molar-refractivity contribution is 0.660. The van der Waals surface area contributed by atoms with Gasteiger partial charge >= 0.3 is 0 Å². The number of hydrogen-bond acceptors (Lipinski definition) is 5. The third kappa shape index (κ3) is 5.58. The molecule has 0 N–H and O–H groups in total. The van der Waals surface area contributed by atoms with Crippen LogP contribution in [0.3, 0.4) is 0 Å². The Labute approximate surface area is 358 Å². The van der Waals surface area contributed by atoms with Crippen LogP contribution in [0.15, 0.2) is 186 Å². The lowest BCUT2D eigenvalue weighted by Crippen LogP contribution is -2.15. The second-order valence-corrected chi connectivity index (χ2v) is 16.7. The Morgan fingerprint density at radius 3 is 1.77 bits per heavy atom. The van der Waals surface area contributed by atoms with Gasteiger partial charge in [-0.1, -0.05) is 153 Å². The van der Waals surface area contributed by atoms with Crippen LogP contribution in [0, 0.1) is 11.3 Å². The highest BCUT2D eigenvalue weighted by molar-refractivity contribution is 6.30. The minimum atomic E-state index is -0.150. The second kappa shape index (κ2) is 13.7. The second-order valence-electron chi connectivity index (χ2n) is 16.7. The van der Waals surface area contributed by atoms with Gasteiger partial charge in [0.2, 0.25) is 0 Å². The van der Waals surface area contributed by atoms with Crippen LogP contribution in [-0.2, 0) is 5.41 Å². The van der Waals surface area contributed by atoms with Crippen LogP contribution in [-0.4, -0.2) is 15.0 Å². The van der Waals surface area contributed by atoms with Gasteiger partial charge < -0.3 is 4.42 Å². The normalized spacial score (nSPS) is 12.8. The molecule has 0 atom stereocenters. The molecule has 12 rings (SSSR count). The lowest BCUT2D eigenvalue weighted by atomic mass is 9.82. The SMILES string of the molecule is CC1(C)c2ccccc2-c2ccc(-c3nc(-c4ccccc4)nc(-c4cccc(-c5ccc6c7ccc(-c8cccc(C#N)c8)cc7c7c8ccccc8oc7c6c5)c4)n3)cc21. The Balaban J connectivity index is 1.00. The number of nitrogens with zero attached hydrogens (tertiary/aromatic N) is 4. The van der Waals surface area contributed by atoms with Crippen LogP contribution in [0.2, 0.25) is 0 Å². The minimum absolute atomic E-state index is 0.150. The highest BCUT2D eigenvalue weighted by atomic mass is 16.3. The number of benzene rings is 9. The van der Waals surface area contributed by atoms with E-state index in [1.165, 1.54) is 22.3 Å². The van der Waals surface area contributed by atoms with Gasteiger partial charge in [0.1, 0.15) is 11.2 Å². The molecule has 1 aliphatic carbocycles. The maximum atomic E-state index is 9.61. The summed E-state index contributed by atoms with van der Waals surface area (Å²) in [6.07, 6.45) is 0. The molecule has 1 aliphatic rings. The van der Waals surface area contributed by atoms with Crippen LogP contribution in [0.25, 0.3) is 111 Å². The van der Waals surface area contributed by atoms with Crippen LogP contribution in [0.4, 0.5) is 0 Å². The van der Waals surface area contributed by atoms with Crippen molar-refractivity contribution >= 4 is 43.5 Å². The van der Waals surface area contributed by atoms with E-state index in [1.54, 1.807) is 0 Å². The Morgan fingerprint density at radius 2 is 0.984 bits per heavy atom. The maximum absolute atomic E-state index is 9.61. The zero-order chi connectivity index (χ0) is 41.5. The molecular weight excluding hydrogens is 757 g/mol. The first-order valence-corrected chi connectivity index (χ1v) is 20.9. The molecule has 2 heterocycles. The average Bonchev–Trinajstić information content (AvgIpc) is 3.84. The van der Waals surface area contributed by atoms with E-state index in [1.807, 2.05) is 60.7 Å². The average molecular weight is 793 g/mol. The van der Waals surface area contributed by atoms with Gasteiger partial charge in [-0.05, 0) is 103 Å². The van der Waals surface area contributed by atoms with Crippen molar-refractivity contribution in [3.63, 3.8) is 0 Å². The van der Waals surface area contributed by atoms with Gasteiger partial charge in [-0.25, -0.2) is 15.0 Å². The zero-order valence-corrected chi connectivity index (χ0v) is 34.0. The molecule has 0 fully saturated rings. The topological polar surface area (TPSA) is 75.6 Å². The van der Waals surface area contributed by atoms with Gasteiger partial charge in [0.05, 0.1) is 11.6 Å². The van der Waals surface area contributed by atoms with E-state index in [0.717, 1.165) is 82.4 Å². The summed E-state index contributed by atoms with van der Waals surface area (Å²) in [6, 6.07) is 65.5. The molecule has 2 aromatic heterocycles. The highest BCUT2D eigenvalue weighted by Crippen LogP contribution is 2.49.